The molecule has 2 aromatic rings. The number of carbonyl (C=O) groups excluding carboxylic acids is 4. The van der Waals surface area contributed by atoms with Crippen molar-refractivity contribution in [2.24, 2.45) is 0 Å². The molecule has 0 radical (unpaired) electrons. The number of methoxy groups -OCH3 is 1. The first-order valence-corrected chi connectivity index (χ1v) is 12.4. The summed E-state index contributed by atoms with van der Waals surface area (Å²) >= 11 is 0. The van der Waals surface area contributed by atoms with Gasteiger partial charge in [-0.2, -0.15) is 0 Å². The Kier molecular flexibility index (Phi) is 10.8. The van der Waals surface area contributed by atoms with Crippen LogP contribution in [0.2, 0.25) is 0 Å². The lowest BCUT2D eigenvalue weighted by atomic mass is 10.1. The number of nitrogens with zero attached hydrogens (tertiary/aromatic N) is 3. The van der Waals surface area contributed by atoms with E-state index in [1.165, 1.54) is 24.4 Å². The predicted octanol–water partition coefficient (Wildman–Crippen LogP) is 2.58. The molecule has 13 heteroatoms. The maximum absolute atomic E-state index is 13.0. The molecule has 1 atom stereocenters. The van der Waals surface area contributed by atoms with Gasteiger partial charge in [0.2, 0.25) is 0 Å². The Balaban J connectivity index is 2.13. The van der Waals surface area contributed by atoms with Gasteiger partial charge in [-0.3, -0.25) is 4.79 Å². The second-order valence-corrected chi connectivity index (χ2v) is 10.7. The van der Waals surface area contributed by atoms with Crippen molar-refractivity contribution >= 4 is 24.1 Å². The van der Waals surface area contributed by atoms with Crippen LogP contribution in [0, 0.1) is 0 Å². The summed E-state index contributed by atoms with van der Waals surface area (Å²) in [5.74, 6) is -1.22. The number of nitrogens with one attached hydrogen (secondary N) is 3. The number of aromatic nitrogens is 3. The number of carbonyl (C=O) groups is 4. The summed E-state index contributed by atoms with van der Waals surface area (Å²) in [5.41, 5.74) is -0.331. The van der Waals surface area contributed by atoms with E-state index in [-0.39, 0.29) is 31.7 Å². The molecule has 39 heavy (non-hydrogen) atoms. The third kappa shape index (κ3) is 11.4. The molecule has 2 rings (SSSR count). The van der Waals surface area contributed by atoms with Crippen molar-refractivity contribution in [2.75, 3.05) is 20.2 Å². The van der Waals surface area contributed by atoms with E-state index in [9.17, 15) is 19.2 Å². The predicted molar refractivity (Wildman–Crippen MR) is 141 cm³/mol. The van der Waals surface area contributed by atoms with Crippen molar-refractivity contribution in [3.05, 3.63) is 47.8 Å². The molecule has 0 fully saturated rings. The number of alkyl carbamates (subject to hydrolysis) is 1. The quantitative estimate of drug-likeness (QED) is 0.300. The van der Waals surface area contributed by atoms with Crippen molar-refractivity contribution in [1.29, 1.82) is 0 Å². The molecule has 13 nitrogen and oxygen atoms in total. The van der Waals surface area contributed by atoms with Crippen molar-refractivity contribution in [2.45, 2.75) is 71.8 Å². The molecule has 0 aliphatic rings. The van der Waals surface area contributed by atoms with Crippen molar-refractivity contribution < 1.29 is 33.4 Å². The van der Waals surface area contributed by atoms with E-state index in [2.05, 4.69) is 25.6 Å². The first kappa shape index (κ1) is 31.1. The van der Waals surface area contributed by atoms with Crippen molar-refractivity contribution in [1.82, 2.24) is 30.5 Å². The highest BCUT2D eigenvalue weighted by atomic mass is 16.6. The third-order valence-electron chi connectivity index (χ3n) is 4.86. The maximum Gasteiger partial charge on any atom is 0.410 e. The first-order valence-electron chi connectivity index (χ1n) is 12.4. The van der Waals surface area contributed by atoms with E-state index in [1.807, 2.05) is 0 Å². The van der Waals surface area contributed by atoms with Gasteiger partial charge in [-0.25, -0.2) is 24.4 Å². The van der Waals surface area contributed by atoms with Crippen LogP contribution >= 0.6 is 0 Å². The Labute approximate surface area is 228 Å². The zero-order valence-corrected chi connectivity index (χ0v) is 23.5. The van der Waals surface area contributed by atoms with Gasteiger partial charge in [0.25, 0.3) is 5.91 Å². The first-order chi connectivity index (χ1) is 18.2. The number of esters is 1. The van der Waals surface area contributed by atoms with Gasteiger partial charge in [0, 0.05) is 31.4 Å². The highest BCUT2D eigenvalue weighted by molar-refractivity contribution is 5.95. The van der Waals surface area contributed by atoms with E-state index in [4.69, 9.17) is 14.2 Å². The lowest BCUT2D eigenvalue weighted by Crippen LogP contribution is -2.43. The highest BCUT2D eigenvalue weighted by Crippen LogP contribution is 2.13. The standard InChI is InChI=1S/C26H38N6O7/c1-25(2,3)38-23(35)28-11-12-32(24(36)39-26(4,5)6)15-17-9-8-10-19(30-17)21(33)31-20(22(34)37-7)13-18-14-27-16-29-18/h8-10,14,16,20H,11-13,15H2,1-7H3,(H,27,29)(H,28,35)(H,31,33)/t20-/m0/s1. The number of amides is 3. The van der Waals surface area contributed by atoms with Crippen LogP contribution in [0.3, 0.4) is 0 Å². The number of H-pyrrole nitrogens is 1. The Morgan fingerprint density at radius 1 is 1.05 bits per heavy atom. The van der Waals surface area contributed by atoms with Crippen LogP contribution in [0.25, 0.3) is 0 Å². The second kappa shape index (κ2) is 13.6. The average Bonchev–Trinajstić information content (AvgIpc) is 3.33. The molecule has 2 aromatic heterocycles. The number of aromatic amines is 1. The zero-order valence-electron chi connectivity index (χ0n) is 23.5. The van der Waals surface area contributed by atoms with Crippen LogP contribution < -0.4 is 10.6 Å². The summed E-state index contributed by atoms with van der Waals surface area (Å²) in [6.07, 6.45) is 1.93. The topological polar surface area (TPSA) is 165 Å². The maximum atomic E-state index is 13.0. The Morgan fingerprint density at radius 2 is 1.74 bits per heavy atom. The number of pyridine rings is 1. The monoisotopic (exact) mass is 546 g/mol. The van der Waals surface area contributed by atoms with Gasteiger partial charge in [0.1, 0.15) is 22.9 Å². The van der Waals surface area contributed by atoms with Crippen molar-refractivity contribution in [3.8, 4) is 0 Å². The molecule has 0 aromatic carbocycles. The lowest BCUT2D eigenvalue weighted by Gasteiger charge is -2.27. The molecular formula is C26H38N6O7. The fourth-order valence-corrected chi connectivity index (χ4v) is 3.24. The van der Waals surface area contributed by atoms with Crippen LogP contribution in [-0.4, -0.2) is 81.4 Å². The summed E-state index contributed by atoms with van der Waals surface area (Å²) in [6.45, 7) is 10.7. The Hall–Kier alpha value is -4.16. The van der Waals surface area contributed by atoms with Crippen LogP contribution in [0.4, 0.5) is 9.59 Å². The molecule has 3 amide bonds. The van der Waals surface area contributed by atoms with Gasteiger partial charge in [-0.1, -0.05) is 6.07 Å². The number of hydrogen-bond donors (Lipinski definition) is 3. The molecule has 0 saturated heterocycles. The molecule has 0 bridgehead atoms. The van der Waals surface area contributed by atoms with E-state index in [0.717, 1.165) is 0 Å². The van der Waals surface area contributed by atoms with E-state index < -0.39 is 41.3 Å². The van der Waals surface area contributed by atoms with Crippen LogP contribution in [0.1, 0.15) is 63.4 Å². The molecule has 214 valence electrons. The minimum absolute atomic E-state index is 0.000602. The molecule has 3 N–H and O–H groups in total. The van der Waals surface area contributed by atoms with Gasteiger partial charge < -0.3 is 34.7 Å². The molecule has 0 aliphatic carbocycles. The summed E-state index contributed by atoms with van der Waals surface area (Å²) in [5, 5.41) is 5.24. The van der Waals surface area contributed by atoms with E-state index >= 15 is 0 Å². The Morgan fingerprint density at radius 3 is 2.33 bits per heavy atom. The van der Waals surface area contributed by atoms with Gasteiger partial charge in [-0.05, 0) is 53.7 Å². The third-order valence-corrected chi connectivity index (χ3v) is 4.86. The second-order valence-electron chi connectivity index (χ2n) is 10.7. The fourth-order valence-electron chi connectivity index (χ4n) is 3.24. The summed E-state index contributed by atoms with van der Waals surface area (Å²) in [7, 11) is 1.23. The van der Waals surface area contributed by atoms with Gasteiger partial charge in [0.15, 0.2) is 0 Å². The van der Waals surface area contributed by atoms with Gasteiger partial charge in [0.05, 0.1) is 25.7 Å². The van der Waals surface area contributed by atoms with Crippen molar-refractivity contribution in [3.63, 3.8) is 0 Å². The number of ether oxygens (including phenoxy) is 3. The minimum Gasteiger partial charge on any atom is -0.467 e. The smallest absolute Gasteiger partial charge is 0.410 e. The fraction of sp³-hybridized carbons (Fsp3) is 0.538. The van der Waals surface area contributed by atoms with E-state index in [1.54, 1.807) is 59.9 Å². The zero-order chi connectivity index (χ0) is 29.2. The summed E-state index contributed by atoms with van der Waals surface area (Å²) in [4.78, 5) is 62.6. The van der Waals surface area contributed by atoms with Gasteiger partial charge in [-0.15, -0.1) is 0 Å². The lowest BCUT2D eigenvalue weighted by molar-refractivity contribution is -0.142. The Bertz CT molecular complexity index is 1120. The van der Waals surface area contributed by atoms with Crippen LogP contribution in [-0.2, 0) is 32.0 Å². The SMILES string of the molecule is COC(=O)[C@H](Cc1cnc[nH]1)NC(=O)c1cccc(CN(CCNC(=O)OC(C)(C)C)C(=O)OC(C)(C)C)n1. The largest absolute Gasteiger partial charge is 0.467 e. The number of imidazole rings is 1. The number of rotatable bonds is 10. The highest BCUT2D eigenvalue weighted by Gasteiger charge is 2.26. The summed E-state index contributed by atoms with van der Waals surface area (Å²) in [6, 6.07) is 3.79. The molecular weight excluding hydrogens is 508 g/mol. The molecule has 0 unspecified atom stereocenters. The molecule has 0 spiro atoms. The molecule has 2 heterocycles. The van der Waals surface area contributed by atoms with Gasteiger partial charge >= 0.3 is 18.2 Å². The minimum atomic E-state index is -0.967. The average molecular weight is 547 g/mol. The molecule has 0 saturated carbocycles. The van der Waals surface area contributed by atoms with Crippen LogP contribution in [0.15, 0.2) is 30.7 Å². The normalized spacial score (nSPS) is 12.2. The number of hydrogen-bond acceptors (Lipinski definition) is 9. The summed E-state index contributed by atoms with van der Waals surface area (Å²) < 4.78 is 15.6. The van der Waals surface area contributed by atoms with E-state index in [0.29, 0.717) is 11.4 Å². The van der Waals surface area contributed by atoms with Crippen LogP contribution in [0.5, 0.6) is 0 Å². The molecule has 0 aliphatic heterocycles.